The Kier molecular flexibility index (Phi) is 9.00. The molecule has 1 atom stereocenters. The summed E-state index contributed by atoms with van der Waals surface area (Å²) in [6.07, 6.45) is 10.3. The molecule has 1 amide bonds. The van der Waals surface area contributed by atoms with Gasteiger partial charge < -0.3 is 10.1 Å². The number of nitrogens with zero attached hydrogens (tertiary/aromatic N) is 1. The Hall–Kier alpha value is -2.35. The molecule has 152 valence electrons. The highest BCUT2D eigenvalue weighted by Gasteiger charge is 2.43. The Morgan fingerprint density at radius 1 is 1.11 bits per heavy atom. The van der Waals surface area contributed by atoms with E-state index in [0.29, 0.717) is 12.0 Å². The van der Waals surface area contributed by atoms with Gasteiger partial charge in [0, 0.05) is 12.5 Å². The van der Waals surface area contributed by atoms with Crippen LogP contribution in [0.15, 0.2) is 30.3 Å². The fraction of sp³-hybridized carbons (Fsp3) is 0.609. The number of carbonyl (C=O) groups is 2. The van der Waals surface area contributed by atoms with Gasteiger partial charge in [0.1, 0.15) is 6.07 Å². The van der Waals surface area contributed by atoms with Crippen molar-refractivity contribution >= 4 is 11.9 Å². The minimum Gasteiger partial charge on any atom is -0.430 e. The minimum atomic E-state index is -1.77. The molecule has 0 aliphatic heterocycles. The van der Waals surface area contributed by atoms with Crippen LogP contribution in [0.3, 0.4) is 0 Å². The highest BCUT2D eigenvalue weighted by molar-refractivity contribution is 5.95. The number of ether oxygens (including phenoxy) is 1. The second kappa shape index (κ2) is 11.5. The van der Waals surface area contributed by atoms with Crippen LogP contribution in [0.2, 0.25) is 0 Å². The molecule has 0 saturated heterocycles. The lowest BCUT2D eigenvalue weighted by Gasteiger charge is -2.30. The van der Waals surface area contributed by atoms with Crippen LogP contribution in [0.4, 0.5) is 0 Å². The Morgan fingerprint density at radius 3 is 2.43 bits per heavy atom. The van der Waals surface area contributed by atoms with Gasteiger partial charge in [0.15, 0.2) is 0 Å². The number of amides is 1. The average Bonchev–Trinajstić information content (AvgIpc) is 2.74. The Morgan fingerprint density at radius 2 is 1.79 bits per heavy atom. The molecule has 1 aromatic carbocycles. The zero-order valence-corrected chi connectivity index (χ0v) is 16.9. The molecule has 1 aliphatic carbocycles. The first kappa shape index (κ1) is 21.9. The van der Waals surface area contributed by atoms with E-state index in [1.165, 1.54) is 6.42 Å². The van der Waals surface area contributed by atoms with Crippen molar-refractivity contribution in [3.63, 3.8) is 0 Å². The van der Waals surface area contributed by atoms with Gasteiger partial charge in [0.25, 0.3) is 11.5 Å². The van der Waals surface area contributed by atoms with Crippen LogP contribution < -0.4 is 5.32 Å². The average molecular weight is 385 g/mol. The summed E-state index contributed by atoms with van der Waals surface area (Å²) in [6.45, 7) is 2.14. The van der Waals surface area contributed by atoms with Crippen LogP contribution in [-0.4, -0.2) is 23.5 Å². The molecule has 1 aromatic rings. The maximum absolute atomic E-state index is 13.0. The topological polar surface area (TPSA) is 79.2 Å². The van der Waals surface area contributed by atoms with Gasteiger partial charge in [-0.1, -0.05) is 70.1 Å². The molecule has 2 rings (SSSR count). The van der Waals surface area contributed by atoms with Gasteiger partial charge in [-0.05, 0) is 31.4 Å². The van der Waals surface area contributed by atoms with Gasteiger partial charge >= 0.3 is 5.97 Å². The van der Waals surface area contributed by atoms with Gasteiger partial charge in [-0.3, -0.25) is 4.79 Å². The summed E-state index contributed by atoms with van der Waals surface area (Å²) in [4.78, 5) is 25.6. The van der Waals surface area contributed by atoms with Crippen LogP contribution in [-0.2, 0) is 9.53 Å². The molecule has 0 aromatic heterocycles. The second-order valence-corrected chi connectivity index (χ2v) is 7.67. The fourth-order valence-corrected chi connectivity index (χ4v) is 3.66. The molecule has 0 spiro atoms. The molecule has 0 heterocycles. The monoisotopic (exact) mass is 384 g/mol. The number of hydrogen-bond donors (Lipinski definition) is 1. The molecule has 5 heteroatoms. The van der Waals surface area contributed by atoms with Crippen LogP contribution in [0.1, 0.15) is 87.9 Å². The van der Waals surface area contributed by atoms with Crippen LogP contribution >= 0.6 is 0 Å². The van der Waals surface area contributed by atoms with Crippen molar-refractivity contribution in [2.75, 3.05) is 0 Å². The summed E-state index contributed by atoms with van der Waals surface area (Å²) in [5.74, 6) is -1.10. The van der Waals surface area contributed by atoms with E-state index in [1.807, 2.05) is 6.07 Å². The van der Waals surface area contributed by atoms with E-state index in [0.717, 1.165) is 51.4 Å². The van der Waals surface area contributed by atoms with Crippen LogP contribution in [0, 0.1) is 11.3 Å². The molecule has 1 fully saturated rings. The second-order valence-electron chi connectivity index (χ2n) is 7.67. The third kappa shape index (κ3) is 6.37. The van der Waals surface area contributed by atoms with E-state index < -0.39 is 17.5 Å². The molecule has 28 heavy (non-hydrogen) atoms. The number of carbonyl (C=O) groups excluding carboxylic acids is 2. The van der Waals surface area contributed by atoms with E-state index in [1.54, 1.807) is 30.3 Å². The van der Waals surface area contributed by atoms with Gasteiger partial charge in [0.05, 0.1) is 5.56 Å². The maximum Gasteiger partial charge on any atom is 0.340 e. The molecule has 1 N–H and O–H groups in total. The van der Waals surface area contributed by atoms with Crippen molar-refractivity contribution in [2.24, 2.45) is 0 Å². The van der Waals surface area contributed by atoms with E-state index in [2.05, 4.69) is 12.2 Å². The molecule has 1 unspecified atom stereocenters. The third-order valence-electron chi connectivity index (χ3n) is 5.40. The number of nitrogens with one attached hydrogen (secondary N) is 1. The number of benzene rings is 1. The van der Waals surface area contributed by atoms with E-state index in [9.17, 15) is 14.9 Å². The van der Waals surface area contributed by atoms with Crippen molar-refractivity contribution in [1.82, 2.24) is 5.32 Å². The van der Waals surface area contributed by atoms with Gasteiger partial charge in [-0.15, -0.1) is 0 Å². The number of hydrogen-bond acceptors (Lipinski definition) is 4. The highest BCUT2D eigenvalue weighted by Crippen LogP contribution is 2.25. The molecular formula is C23H32N2O3. The predicted molar refractivity (Wildman–Crippen MR) is 109 cm³/mol. The van der Waals surface area contributed by atoms with Crippen molar-refractivity contribution in [2.45, 2.75) is 89.2 Å². The van der Waals surface area contributed by atoms with Crippen molar-refractivity contribution in [1.29, 1.82) is 5.26 Å². The first-order valence-corrected chi connectivity index (χ1v) is 10.6. The van der Waals surface area contributed by atoms with Crippen molar-refractivity contribution < 1.29 is 14.3 Å². The number of rotatable bonds is 10. The minimum absolute atomic E-state index is 0.0597. The van der Waals surface area contributed by atoms with Gasteiger partial charge in [-0.2, -0.15) is 5.26 Å². The quantitative estimate of drug-likeness (QED) is 0.459. The van der Waals surface area contributed by atoms with Crippen LogP contribution in [0.5, 0.6) is 0 Å². The summed E-state index contributed by atoms with van der Waals surface area (Å²) in [5.41, 5.74) is -1.42. The smallest absolute Gasteiger partial charge is 0.340 e. The number of unbranched alkanes of at least 4 members (excludes halogenated alkanes) is 4. The summed E-state index contributed by atoms with van der Waals surface area (Å²) >= 11 is 0. The fourth-order valence-electron chi connectivity index (χ4n) is 3.66. The molecule has 5 nitrogen and oxygen atoms in total. The first-order valence-electron chi connectivity index (χ1n) is 10.6. The normalized spacial score (nSPS) is 16.6. The van der Waals surface area contributed by atoms with E-state index in [-0.39, 0.29) is 12.5 Å². The molecule has 0 bridgehead atoms. The maximum atomic E-state index is 13.0. The number of nitriles is 1. The highest BCUT2D eigenvalue weighted by atomic mass is 16.6. The van der Waals surface area contributed by atoms with Gasteiger partial charge in [-0.25, -0.2) is 4.79 Å². The molecular weight excluding hydrogens is 352 g/mol. The molecule has 1 aliphatic rings. The predicted octanol–water partition coefficient (Wildman–Crippen LogP) is 4.92. The third-order valence-corrected chi connectivity index (χ3v) is 5.40. The largest absolute Gasteiger partial charge is 0.430 e. The Balaban J connectivity index is 2.10. The summed E-state index contributed by atoms with van der Waals surface area (Å²) in [5, 5.41) is 12.9. The molecule has 0 radical (unpaired) electrons. The molecule has 1 saturated carbocycles. The number of esters is 1. The standard InChI is InChI=1S/C23H32N2O3/c1-2-3-4-5-12-17-23(18-24,22(27)25-20-15-10-7-11-16-20)28-21(26)19-13-8-6-9-14-19/h6,8-9,13-14,20H,2-5,7,10-12,15-17H2,1H3,(H,25,27). The zero-order chi connectivity index (χ0) is 20.2. The SMILES string of the molecule is CCCCCCCC(C#N)(OC(=O)c1ccccc1)C(=O)NC1CCCCC1. The van der Waals surface area contributed by atoms with Crippen molar-refractivity contribution in [3.8, 4) is 6.07 Å². The van der Waals surface area contributed by atoms with Crippen LogP contribution in [0.25, 0.3) is 0 Å². The summed E-state index contributed by atoms with van der Waals surface area (Å²) < 4.78 is 5.57. The first-order chi connectivity index (χ1) is 13.6. The Bertz CT molecular complexity index is 662. The Labute approximate surface area is 168 Å². The lowest BCUT2D eigenvalue weighted by atomic mass is 9.92. The van der Waals surface area contributed by atoms with E-state index >= 15 is 0 Å². The van der Waals surface area contributed by atoms with E-state index in [4.69, 9.17) is 4.74 Å². The summed E-state index contributed by atoms with van der Waals surface area (Å²) in [6, 6.07) is 10.6. The zero-order valence-electron chi connectivity index (χ0n) is 16.9. The van der Waals surface area contributed by atoms with Gasteiger partial charge in [0.2, 0.25) is 0 Å². The summed E-state index contributed by atoms with van der Waals surface area (Å²) in [7, 11) is 0. The lowest BCUT2D eigenvalue weighted by molar-refractivity contribution is -0.137. The lowest BCUT2D eigenvalue weighted by Crippen LogP contribution is -2.52. The van der Waals surface area contributed by atoms with Crippen molar-refractivity contribution in [3.05, 3.63) is 35.9 Å².